The first-order valence-electron chi connectivity index (χ1n) is 8.76. The van der Waals surface area contributed by atoms with Crippen molar-refractivity contribution in [3.05, 3.63) is 48.8 Å². The van der Waals surface area contributed by atoms with Gasteiger partial charge in [0.2, 0.25) is 12.7 Å². The SMILES string of the molecule is COc1ccc(-n2ccnc2SCC(=O)Nc2ccc3c(c2)OCO3)c(OC)c1. The van der Waals surface area contributed by atoms with Crippen LogP contribution in [0.3, 0.4) is 0 Å². The highest BCUT2D eigenvalue weighted by Gasteiger charge is 2.16. The lowest BCUT2D eigenvalue weighted by Gasteiger charge is -2.13. The predicted octanol–water partition coefficient (Wildman–Crippen LogP) is 3.35. The molecule has 1 N–H and O–H groups in total. The zero-order valence-corrected chi connectivity index (χ0v) is 16.7. The summed E-state index contributed by atoms with van der Waals surface area (Å²) in [6.45, 7) is 0.195. The number of rotatable bonds is 7. The van der Waals surface area contributed by atoms with Gasteiger partial charge in [0, 0.05) is 30.2 Å². The Labute approximate surface area is 171 Å². The molecular weight excluding hydrogens is 394 g/mol. The molecule has 0 saturated heterocycles. The molecule has 1 aromatic heterocycles. The topological polar surface area (TPSA) is 83.8 Å². The molecule has 0 atom stereocenters. The van der Waals surface area contributed by atoms with Gasteiger partial charge < -0.3 is 24.3 Å². The van der Waals surface area contributed by atoms with Gasteiger partial charge in [0.15, 0.2) is 16.7 Å². The predicted molar refractivity (Wildman–Crippen MR) is 109 cm³/mol. The van der Waals surface area contributed by atoms with Crippen molar-refractivity contribution in [2.45, 2.75) is 5.16 Å². The number of aromatic nitrogens is 2. The lowest BCUT2D eigenvalue weighted by atomic mass is 10.2. The van der Waals surface area contributed by atoms with Crippen molar-refractivity contribution in [1.82, 2.24) is 9.55 Å². The van der Waals surface area contributed by atoms with Crippen LogP contribution in [0.5, 0.6) is 23.0 Å². The van der Waals surface area contributed by atoms with E-state index in [2.05, 4.69) is 10.3 Å². The van der Waals surface area contributed by atoms with E-state index in [1.54, 1.807) is 44.7 Å². The fourth-order valence-corrected chi connectivity index (χ4v) is 3.63. The lowest BCUT2D eigenvalue weighted by Crippen LogP contribution is -2.14. The Hall–Kier alpha value is -3.33. The number of amides is 1. The summed E-state index contributed by atoms with van der Waals surface area (Å²) < 4.78 is 23.2. The van der Waals surface area contributed by atoms with Crippen molar-refractivity contribution in [1.29, 1.82) is 0 Å². The van der Waals surface area contributed by atoms with Gasteiger partial charge in [-0.3, -0.25) is 9.36 Å². The molecule has 2 aromatic carbocycles. The smallest absolute Gasteiger partial charge is 0.234 e. The van der Waals surface area contributed by atoms with Crippen molar-refractivity contribution in [2.75, 3.05) is 32.1 Å². The maximum absolute atomic E-state index is 12.4. The van der Waals surface area contributed by atoms with Gasteiger partial charge in [0.1, 0.15) is 11.5 Å². The second kappa shape index (κ2) is 8.36. The third-order valence-electron chi connectivity index (χ3n) is 4.24. The maximum Gasteiger partial charge on any atom is 0.234 e. The van der Waals surface area contributed by atoms with Gasteiger partial charge in [-0.2, -0.15) is 0 Å². The van der Waals surface area contributed by atoms with E-state index >= 15 is 0 Å². The molecule has 0 spiro atoms. The highest BCUT2D eigenvalue weighted by molar-refractivity contribution is 7.99. The van der Waals surface area contributed by atoms with Crippen molar-refractivity contribution in [3.8, 4) is 28.7 Å². The number of hydrogen-bond acceptors (Lipinski definition) is 7. The van der Waals surface area contributed by atoms with Gasteiger partial charge in [-0.1, -0.05) is 11.8 Å². The summed E-state index contributed by atoms with van der Waals surface area (Å²) in [6, 6.07) is 10.8. The number of ether oxygens (including phenoxy) is 4. The first kappa shape index (κ1) is 19.0. The van der Waals surface area contributed by atoms with Gasteiger partial charge in [0.05, 0.1) is 25.7 Å². The van der Waals surface area contributed by atoms with Gasteiger partial charge in [-0.15, -0.1) is 0 Å². The van der Waals surface area contributed by atoms with Crippen LogP contribution in [0.15, 0.2) is 53.9 Å². The van der Waals surface area contributed by atoms with E-state index in [1.807, 2.05) is 22.9 Å². The molecule has 1 aliphatic heterocycles. The molecule has 150 valence electrons. The molecule has 1 amide bonds. The van der Waals surface area contributed by atoms with Crippen molar-refractivity contribution in [3.63, 3.8) is 0 Å². The molecule has 0 bridgehead atoms. The Morgan fingerprint density at radius 2 is 2.03 bits per heavy atom. The standard InChI is InChI=1S/C20H19N3O5S/c1-25-14-4-5-15(17(10-14)26-2)23-8-7-21-20(23)29-11-19(24)22-13-3-6-16-18(9-13)28-12-27-16/h3-10H,11-12H2,1-2H3,(H,22,24). The van der Waals surface area contributed by atoms with E-state index in [0.29, 0.717) is 33.8 Å². The summed E-state index contributed by atoms with van der Waals surface area (Å²) in [5.74, 6) is 2.69. The van der Waals surface area contributed by atoms with Crippen LogP contribution in [0, 0.1) is 0 Å². The number of carbonyl (C=O) groups is 1. The Kier molecular flexibility index (Phi) is 5.48. The monoisotopic (exact) mass is 413 g/mol. The number of benzene rings is 2. The molecule has 0 saturated carbocycles. The number of hydrogen-bond donors (Lipinski definition) is 1. The van der Waals surface area contributed by atoms with E-state index < -0.39 is 0 Å². The number of imidazole rings is 1. The van der Waals surface area contributed by atoms with Crippen LogP contribution in [-0.4, -0.2) is 42.2 Å². The molecule has 4 rings (SSSR count). The van der Waals surface area contributed by atoms with Crippen LogP contribution >= 0.6 is 11.8 Å². The number of methoxy groups -OCH3 is 2. The van der Waals surface area contributed by atoms with E-state index in [0.717, 1.165) is 5.69 Å². The molecule has 0 aliphatic carbocycles. The van der Waals surface area contributed by atoms with Crippen molar-refractivity contribution < 1.29 is 23.7 Å². The molecular formula is C20H19N3O5S. The molecule has 0 radical (unpaired) electrons. The normalized spacial score (nSPS) is 11.9. The number of carbonyl (C=O) groups excluding carboxylic acids is 1. The Morgan fingerprint density at radius 3 is 2.86 bits per heavy atom. The molecule has 8 nitrogen and oxygen atoms in total. The van der Waals surface area contributed by atoms with E-state index in [-0.39, 0.29) is 18.5 Å². The summed E-state index contributed by atoms with van der Waals surface area (Å²) in [6.07, 6.45) is 3.50. The molecule has 0 fully saturated rings. The first-order valence-corrected chi connectivity index (χ1v) is 9.74. The Balaban J connectivity index is 1.44. The van der Waals surface area contributed by atoms with E-state index in [1.165, 1.54) is 11.8 Å². The van der Waals surface area contributed by atoms with Crippen LogP contribution in [0.2, 0.25) is 0 Å². The fraction of sp³-hybridized carbons (Fsp3) is 0.200. The highest BCUT2D eigenvalue weighted by atomic mass is 32.2. The molecule has 9 heteroatoms. The Morgan fingerprint density at radius 1 is 1.17 bits per heavy atom. The van der Waals surface area contributed by atoms with Crippen LogP contribution in [0.25, 0.3) is 5.69 Å². The molecule has 0 unspecified atom stereocenters. The molecule has 3 aromatic rings. The van der Waals surface area contributed by atoms with E-state index in [4.69, 9.17) is 18.9 Å². The van der Waals surface area contributed by atoms with Gasteiger partial charge in [-0.05, 0) is 24.3 Å². The van der Waals surface area contributed by atoms with E-state index in [9.17, 15) is 4.79 Å². The summed E-state index contributed by atoms with van der Waals surface area (Å²) in [5.41, 5.74) is 1.46. The number of anilines is 1. The second-order valence-electron chi connectivity index (χ2n) is 6.02. The minimum Gasteiger partial charge on any atom is -0.497 e. The zero-order chi connectivity index (χ0) is 20.2. The average Bonchev–Trinajstić information content (AvgIpc) is 3.40. The van der Waals surface area contributed by atoms with Crippen LogP contribution in [0.1, 0.15) is 0 Å². The van der Waals surface area contributed by atoms with Gasteiger partial charge in [0.25, 0.3) is 0 Å². The van der Waals surface area contributed by atoms with Gasteiger partial charge >= 0.3 is 0 Å². The average molecular weight is 413 g/mol. The summed E-state index contributed by atoms with van der Waals surface area (Å²) in [4.78, 5) is 16.7. The zero-order valence-electron chi connectivity index (χ0n) is 15.9. The number of fused-ring (bicyclic) bond motifs is 1. The minimum absolute atomic E-state index is 0.148. The minimum atomic E-state index is -0.148. The van der Waals surface area contributed by atoms with Crippen molar-refractivity contribution in [2.24, 2.45) is 0 Å². The van der Waals surface area contributed by atoms with Crippen LogP contribution in [-0.2, 0) is 4.79 Å². The Bertz CT molecular complexity index is 1040. The highest BCUT2D eigenvalue weighted by Crippen LogP contribution is 2.34. The summed E-state index contributed by atoms with van der Waals surface area (Å²) in [5, 5.41) is 3.53. The molecule has 2 heterocycles. The van der Waals surface area contributed by atoms with Gasteiger partial charge in [-0.25, -0.2) is 4.98 Å². The first-order chi connectivity index (χ1) is 14.2. The number of thioether (sulfide) groups is 1. The quantitative estimate of drug-likeness (QED) is 0.595. The number of nitrogens with zero attached hydrogens (tertiary/aromatic N) is 2. The van der Waals surface area contributed by atoms with Crippen LogP contribution < -0.4 is 24.3 Å². The van der Waals surface area contributed by atoms with Crippen molar-refractivity contribution >= 4 is 23.4 Å². The third-order valence-corrected chi connectivity index (χ3v) is 5.21. The fourth-order valence-electron chi connectivity index (χ4n) is 2.87. The molecule has 1 aliphatic rings. The number of nitrogens with one attached hydrogen (secondary N) is 1. The maximum atomic E-state index is 12.4. The summed E-state index contributed by atoms with van der Waals surface area (Å²) in [7, 11) is 3.20. The summed E-state index contributed by atoms with van der Waals surface area (Å²) >= 11 is 1.33. The second-order valence-corrected chi connectivity index (χ2v) is 6.96. The van der Waals surface area contributed by atoms with Crippen LogP contribution in [0.4, 0.5) is 5.69 Å². The third kappa shape index (κ3) is 4.09. The molecule has 29 heavy (non-hydrogen) atoms. The lowest BCUT2D eigenvalue weighted by molar-refractivity contribution is -0.113. The largest absolute Gasteiger partial charge is 0.497 e.